The molecule has 0 saturated heterocycles. The zero-order valence-corrected chi connectivity index (χ0v) is 9.68. The lowest BCUT2D eigenvalue weighted by atomic mass is 10.1. The van der Waals surface area contributed by atoms with Gasteiger partial charge in [0, 0.05) is 24.4 Å². The van der Waals surface area contributed by atoms with E-state index in [0.717, 1.165) is 5.56 Å². The van der Waals surface area contributed by atoms with Crippen LogP contribution in [0, 0.1) is 0 Å². The molecule has 2 aromatic rings. The fourth-order valence-electron chi connectivity index (χ4n) is 1.52. The maximum Gasteiger partial charge on any atom is 0.138 e. The standard InChI is InChI=1S/C10H11ClN4O/c1-6(16)8-9(12-5-13-10(8)11)7-3-14-15(2)4-7/h3-6,16H,1-2H3/t6-/m1/s1. The SMILES string of the molecule is C[C@@H](O)c1c(Cl)ncnc1-c1cnn(C)c1. The van der Waals surface area contributed by atoms with E-state index in [1.165, 1.54) is 6.33 Å². The van der Waals surface area contributed by atoms with Crippen molar-refractivity contribution in [1.29, 1.82) is 0 Å². The average Bonchev–Trinajstić information content (AvgIpc) is 2.63. The van der Waals surface area contributed by atoms with Crippen LogP contribution in [0.5, 0.6) is 0 Å². The predicted octanol–water partition coefficient (Wildman–Crippen LogP) is 1.58. The third-order valence-corrected chi connectivity index (χ3v) is 2.53. The molecule has 0 bridgehead atoms. The first-order chi connectivity index (χ1) is 7.59. The van der Waals surface area contributed by atoms with Gasteiger partial charge in [0.25, 0.3) is 0 Å². The van der Waals surface area contributed by atoms with Crippen LogP contribution in [-0.2, 0) is 7.05 Å². The number of hydrogen-bond donors (Lipinski definition) is 1. The Morgan fingerprint density at radius 3 is 2.75 bits per heavy atom. The molecule has 2 heterocycles. The number of halogens is 1. The molecule has 84 valence electrons. The molecule has 0 aliphatic carbocycles. The smallest absolute Gasteiger partial charge is 0.138 e. The molecule has 0 aromatic carbocycles. The number of aryl methyl sites for hydroxylation is 1. The second kappa shape index (κ2) is 4.19. The highest BCUT2D eigenvalue weighted by Gasteiger charge is 2.16. The number of nitrogens with zero attached hydrogens (tertiary/aromatic N) is 4. The van der Waals surface area contributed by atoms with E-state index in [0.29, 0.717) is 11.3 Å². The summed E-state index contributed by atoms with van der Waals surface area (Å²) in [4.78, 5) is 8.00. The van der Waals surface area contributed by atoms with Crippen LogP contribution in [0.25, 0.3) is 11.3 Å². The van der Waals surface area contributed by atoms with Crippen molar-refractivity contribution in [3.05, 3.63) is 29.4 Å². The van der Waals surface area contributed by atoms with Crippen molar-refractivity contribution in [2.45, 2.75) is 13.0 Å². The van der Waals surface area contributed by atoms with Gasteiger partial charge in [-0.1, -0.05) is 11.6 Å². The molecule has 0 spiro atoms. The van der Waals surface area contributed by atoms with E-state index in [-0.39, 0.29) is 5.15 Å². The van der Waals surface area contributed by atoms with E-state index in [2.05, 4.69) is 15.1 Å². The summed E-state index contributed by atoms with van der Waals surface area (Å²) in [5.41, 5.74) is 1.95. The zero-order chi connectivity index (χ0) is 11.7. The molecule has 1 atom stereocenters. The fourth-order valence-corrected chi connectivity index (χ4v) is 1.81. The van der Waals surface area contributed by atoms with Crippen molar-refractivity contribution in [2.75, 3.05) is 0 Å². The van der Waals surface area contributed by atoms with Gasteiger partial charge < -0.3 is 5.11 Å². The lowest BCUT2D eigenvalue weighted by Gasteiger charge is -2.10. The summed E-state index contributed by atoms with van der Waals surface area (Å²) in [7, 11) is 1.81. The molecule has 0 unspecified atom stereocenters. The normalized spacial score (nSPS) is 12.8. The minimum Gasteiger partial charge on any atom is -0.389 e. The van der Waals surface area contributed by atoms with Gasteiger partial charge in [-0.25, -0.2) is 9.97 Å². The highest BCUT2D eigenvalue weighted by molar-refractivity contribution is 6.30. The molecule has 0 aliphatic rings. The van der Waals surface area contributed by atoms with E-state index < -0.39 is 6.10 Å². The van der Waals surface area contributed by atoms with Crippen LogP contribution in [0.2, 0.25) is 5.15 Å². The lowest BCUT2D eigenvalue weighted by molar-refractivity contribution is 0.199. The van der Waals surface area contributed by atoms with Gasteiger partial charge >= 0.3 is 0 Å². The Bertz CT molecular complexity index is 509. The number of aliphatic hydroxyl groups excluding tert-OH is 1. The van der Waals surface area contributed by atoms with Gasteiger partial charge in [-0.2, -0.15) is 5.10 Å². The zero-order valence-electron chi connectivity index (χ0n) is 8.92. The molecule has 0 aliphatic heterocycles. The van der Waals surface area contributed by atoms with Crippen LogP contribution in [0.15, 0.2) is 18.7 Å². The molecule has 0 radical (unpaired) electrons. The second-order valence-corrected chi connectivity index (χ2v) is 3.86. The molecule has 2 aromatic heterocycles. The Hall–Kier alpha value is -1.46. The highest BCUT2D eigenvalue weighted by atomic mass is 35.5. The molecule has 0 amide bonds. The summed E-state index contributed by atoms with van der Waals surface area (Å²) in [6, 6.07) is 0. The Labute approximate surface area is 97.7 Å². The molecule has 0 saturated carbocycles. The van der Waals surface area contributed by atoms with E-state index >= 15 is 0 Å². The highest BCUT2D eigenvalue weighted by Crippen LogP contribution is 2.29. The minimum atomic E-state index is -0.719. The number of hydrogen-bond acceptors (Lipinski definition) is 4. The van der Waals surface area contributed by atoms with Gasteiger partial charge in [0.05, 0.1) is 18.0 Å². The first-order valence-electron chi connectivity index (χ1n) is 4.77. The van der Waals surface area contributed by atoms with Gasteiger partial charge in [0.2, 0.25) is 0 Å². The van der Waals surface area contributed by atoms with Crippen molar-refractivity contribution < 1.29 is 5.11 Å². The van der Waals surface area contributed by atoms with Gasteiger partial charge in [-0.15, -0.1) is 0 Å². The lowest BCUT2D eigenvalue weighted by Crippen LogP contribution is -2.00. The number of rotatable bonds is 2. The molecule has 16 heavy (non-hydrogen) atoms. The van der Waals surface area contributed by atoms with Gasteiger partial charge in [0.15, 0.2) is 0 Å². The summed E-state index contributed by atoms with van der Waals surface area (Å²) in [6.45, 7) is 1.63. The van der Waals surface area contributed by atoms with Crippen molar-refractivity contribution in [3.63, 3.8) is 0 Å². The minimum absolute atomic E-state index is 0.267. The molecular formula is C10H11ClN4O. The first kappa shape index (κ1) is 11.0. The van der Waals surface area contributed by atoms with Crippen molar-refractivity contribution >= 4 is 11.6 Å². The summed E-state index contributed by atoms with van der Waals surface area (Å²) in [5, 5.41) is 14.0. The van der Waals surface area contributed by atoms with Crippen molar-refractivity contribution in [2.24, 2.45) is 7.05 Å². The summed E-state index contributed by atoms with van der Waals surface area (Å²) in [6.07, 6.45) is 4.13. The Balaban J connectivity index is 2.60. The van der Waals surface area contributed by atoms with E-state index in [1.54, 1.807) is 17.8 Å². The number of aromatic nitrogens is 4. The molecule has 0 fully saturated rings. The summed E-state index contributed by atoms with van der Waals surface area (Å²) >= 11 is 5.94. The molecule has 2 rings (SSSR count). The maximum atomic E-state index is 9.66. The Morgan fingerprint density at radius 1 is 1.44 bits per heavy atom. The van der Waals surface area contributed by atoms with Crippen LogP contribution >= 0.6 is 11.6 Å². The van der Waals surface area contributed by atoms with E-state index in [1.807, 2.05) is 13.2 Å². The summed E-state index contributed by atoms with van der Waals surface area (Å²) in [5.74, 6) is 0. The Morgan fingerprint density at radius 2 is 2.19 bits per heavy atom. The third kappa shape index (κ3) is 1.91. The molecule has 5 nitrogen and oxygen atoms in total. The average molecular weight is 239 g/mol. The second-order valence-electron chi connectivity index (χ2n) is 3.51. The monoisotopic (exact) mass is 238 g/mol. The fraction of sp³-hybridized carbons (Fsp3) is 0.300. The van der Waals surface area contributed by atoms with Gasteiger partial charge in [-0.05, 0) is 6.92 Å². The van der Waals surface area contributed by atoms with Gasteiger partial charge in [-0.3, -0.25) is 4.68 Å². The van der Waals surface area contributed by atoms with Crippen molar-refractivity contribution in [1.82, 2.24) is 19.7 Å². The van der Waals surface area contributed by atoms with Gasteiger partial charge in [0.1, 0.15) is 11.5 Å². The maximum absolute atomic E-state index is 9.66. The largest absolute Gasteiger partial charge is 0.389 e. The van der Waals surface area contributed by atoms with E-state index in [4.69, 9.17) is 11.6 Å². The van der Waals surface area contributed by atoms with Crippen LogP contribution in [0.4, 0.5) is 0 Å². The van der Waals surface area contributed by atoms with Crippen LogP contribution in [0.3, 0.4) is 0 Å². The summed E-state index contributed by atoms with van der Waals surface area (Å²) < 4.78 is 1.66. The Kier molecular flexibility index (Phi) is 2.89. The first-order valence-corrected chi connectivity index (χ1v) is 5.15. The topological polar surface area (TPSA) is 63.8 Å². The predicted molar refractivity (Wildman–Crippen MR) is 59.9 cm³/mol. The van der Waals surface area contributed by atoms with Crippen LogP contribution < -0.4 is 0 Å². The quantitative estimate of drug-likeness (QED) is 0.807. The number of aliphatic hydroxyl groups is 1. The van der Waals surface area contributed by atoms with Crippen molar-refractivity contribution in [3.8, 4) is 11.3 Å². The molecule has 6 heteroatoms. The van der Waals surface area contributed by atoms with Crippen LogP contribution in [-0.4, -0.2) is 24.9 Å². The molecule has 1 N–H and O–H groups in total. The van der Waals surface area contributed by atoms with E-state index in [9.17, 15) is 5.11 Å². The third-order valence-electron chi connectivity index (χ3n) is 2.23. The van der Waals surface area contributed by atoms with Crippen LogP contribution in [0.1, 0.15) is 18.6 Å². The molecular weight excluding hydrogens is 228 g/mol.